The van der Waals surface area contributed by atoms with Crippen molar-refractivity contribution in [1.29, 1.82) is 0 Å². The molecule has 0 bridgehead atoms. The summed E-state index contributed by atoms with van der Waals surface area (Å²) < 4.78 is 21.8. The number of methoxy groups -OCH3 is 1. The topological polar surface area (TPSA) is 27.1 Å². The molecule has 0 saturated heterocycles. The van der Waals surface area contributed by atoms with Crippen molar-refractivity contribution in [2.75, 3.05) is 7.11 Å². The van der Waals surface area contributed by atoms with E-state index in [-0.39, 0.29) is 18.0 Å². The highest BCUT2D eigenvalue weighted by atomic mass is 79.9. The number of ether oxygens (including phenoxy) is 1. The molecule has 2 atom stereocenters. The van der Waals surface area contributed by atoms with E-state index in [1.54, 1.807) is 13.2 Å². The number of imidazole rings is 1. The van der Waals surface area contributed by atoms with Gasteiger partial charge in [0.1, 0.15) is 11.6 Å². The fourth-order valence-corrected chi connectivity index (χ4v) is 3.60. The molecular formula is C14H15BrClFN2O. The second-order valence-corrected chi connectivity index (χ2v) is 6.18. The standard InChI is InChI=1S/C14H15BrClFN2O/c1-20-13-4-2-3-11(13)19-12-5-8(15)9(17)6-10(12)18-14(19)7-16/h5-6,11,13H,2-4,7H2,1H3. The quantitative estimate of drug-likeness (QED) is 0.757. The van der Waals surface area contributed by atoms with Crippen LogP contribution in [0.4, 0.5) is 4.39 Å². The largest absolute Gasteiger partial charge is 0.379 e. The minimum atomic E-state index is -0.307. The third-order valence-corrected chi connectivity index (χ3v) is 4.82. The molecule has 2 unspecified atom stereocenters. The first-order valence-corrected chi connectivity index (χ1v) is 7.93. The zero-order valence-electron chi connectivity index (χ0n) is 11.1. The first-order valence-electron chi connectivity index (χ1n) is 6.60. The lowest BCUT2D eigenvalue weighted by Gasteiger charge is -2.22. The summed E-state index contributed by atoms with van der Waals surface area (Å²) in [5, 5.41) is 0. The number of hydrogen-bond donors (Lipinski definition) is 0. The summed E-state index contributed by atoms with van der Waals surface area (Å²) in [6.45, 7) is 0. The van der Waals surface area contributed by atoms with Crippen molar-refractivity contribution >= 4 is 38.6 Å². The predicted octanol–water partition coefficient (Wildman–Crippen LogP) is 4.42. The Morgan fingerprint density at radius 2 is 2.30 bits per heavy atom. The summed E-state index contributed by atoms with van der Waals surface area (Å²) in [6.07, 6.45) is 3.35. The molecule has 0 aliphatic heterocycles. The maximum atomic E-state index is 13.7. The number of aromatic nitrogens is 2. The number of nitrogens with zero attached hydrogens (tertiary/aromatic N) is 2. The van der Waals surface area contributed by atoms with Gasteiger partial charge >= 0.3 is 0 Å². The summed E-state index contributed by atoms with van der Waals surface area (Å²) in [4.78, 5) is 4.46. The van der Waals surface area contributed by atoms with E-state index in [1.165, 1.54) is 6.07 Å². The maximum Gasteiger partial charge on any atom is 0.139 e. The van der Waals surface area contributed by atoms with Crippen LogP contribution >= 0.6 is 27.5 Å². The molecule has 1 heterocycles. The van der Waals surface area contributed by atoms with Crippen LogP contribution in [-0.4, -0.2) is 22.8 Å². The first kappa shape index (κ1) is 14.3. The van der Waals surface area contributed by atoms with E-state index >= 15 is 0 Å². The summed E-state index contributed by atoms with van der Waals surface area (Å²) in [5.41, 5.74) is 1.55. The van der Waals surface area contributed by atoms with Crippen LogP contribution in [-0.2, 0) is 10.6 Å². The van der Waals surface area contributed by atoms with Crippen LogP contribution in [0.5, 0.6) is 0 Å². The van der Waals surface area contributed by atoms with Crippen LogP contribution < -0.4 is 0 Å². The third kappa shape index (κ3) is 2.26. The van der Waals surface area contributed by atoms with Crippen LogP contribution in [0.25, 0.3) is 11.0 Å². The molecule has 6 heteroatoms. The number of halogens is 3. The van der Waals surface area contributed by atoms with Gasteiger partial charge in [0.05, 0.1) is 33.5 Å². The second kappa shape index (κ2) is 5.62. The summed E-state index contributed by atoms with van der Waals surface area (Å²) >= 11 is 9.26. The Balaban J connectivity index is 2.19. The molecule has 3 rings (SSSR count). The van der Waals surface area contributed by atoms with Crippen LogP contribution in [0, 0.1) is 5.82 Å². The number of benzene rings is 1. The Labute approximate surface area is 130 Å². The van der Waals surface area contributed by atoms with E-state index in [1.807, 2.05) is 0 Å². The highest BCUT2D eigenvalue weighted by Gasteiger charge is 2.31. The Morgan fingerprint density at radius 3 is 3.00 bits per heavy atom. The molecule has 1 fully saturated rings. The van der Waals surface area contributed by atoms with Gasteiger partial charge in [0.25, 0.3) is 0 Å². The van der Waals surface area contributed by atoms with Gasteiger partial charge in [0.15, 0.2) is 0 Å². The smallest absolute Gasteiger partial charge is 0.139 e. The Kier molecular flexibility index (Phi) is 4.02. The first-order chi connectivity index (χ1) is 9.65. The van der Waals surface area contributed by atoms with Crippen LogP contribution in [0.15, 0.2) is 16.6 Å². The zero-order valence-corrected chi connectivity index (χ0v) is 13.4. The van der Waals surface area contributed by atoms with E-state index in [9.17, 15) is 4.39 Å². The highest BCUT2D eigenvalue weighted by molar-refractivity contribution is 9.10. The zero-order chi connectivity index (χ0) is 14.3. The fraction of sp³-hybridized carbons (Fsp3) is 0.500. The fourth-order valence-electron chi connectivity index (χ4n) is 3.08. The van der Waals surface area contributed by atoms with Crippen molar-refractivity contribution in [3.8, 4) is 0 Å². The molecule has 1 aliphatic carbocycles. The number of alkyl halides is 1. The van der Waals surface area contributed by atoms with E-state index < -0.39 is 0 Å². The monoisotopic (exact) mass is 360 g/mol. The minimum absolute atomic E-state index is 0.165. The maximum absolute atomic E-state index is 13.7. The Bertz CT molecular complexity index is 646. The number of fused-ring (bicyclic) bond motifs is 1. The molecule has 1 saturated carbocycles. The van der Waals surface area contributed by atoms with Crippen molar-refractivity contribution < 1.29 is 9.13 Å². The van der Waals surface area contributed by atoms with Gasteiger partial charge in [-0.05, 0) is 41.3 Å². The third-order valence-electron chi connectivity index (χ3n) is 3.98. The van der Waals surface area contributed by atoms with Gasteiger partial charge in [-0.15, -0.1) is 11.6 Å². The van der Waals surface area contributed by atoms with E-state index in [2.05, 4.69) is 25.5 Å². The SMILES string of the molecule is COC1CCCC1n1c(CCl)nc2cc(F)c(Br)cc21. The molecule has 3 nitrogen and oxygen atoms in total. The van der Waals surface area contributed by atoms with E-state index in [4.69, 9.17) is 16.3 Å². The normalized spacial score (nSPS) is 22.8. The Morgan fingerprint density at radius 1 is 1.50 bits per heavy atom. The molecule has 108 valence electrons. The average Bonchev–Trinajstić information content (AvgIpc) is 3.02. The molecule has 0 N–H and O–H groups in total. The molecule has 0 radical (unpaired) electrons. The molecule has 0 spiro atoms. The molecule has 0 amide bonds. The molecule has 2 aromatic rings. The van der Waals surface area contributed by atoms with Gasteiger partial charge in [0, 0.05) is 13.2 Å². The average molecular weight is 362 g/mol. The van der Waals surface area contributed by atoms with Crippen LogP contribution in [0.3, 0.4) is 0 Å². The van der Waals surface area contributed by atoms with Gasteiger partial charge in [-0.3, -0.25) is 0 Å². The highest BCUT2D eigenvalue weighted by Crippen LogP contribution is 2.37. The van der Waals surface area contributed by atoms with E-state index in [0.717, 1.165) is 30.6 Å². The molecule has 20 heavy (non-hydrogen) atoms. The lowest BCUT2D eigenvalue weighted by molar-refractivity contribution is 0.0755. The minimum Gasteiger partial charge on any atom is -0.379 e. The van der Waals surface area contributed by atoms with Gasteiger partial charge in [0.2, 0.25) is 0 Å². The summed E-state index contributed by atoms with van der Waals surface area (Å²) in [7, 11) is 1.73. The lowest BCUT2D eigenvalue weighted by atomic mass is 10.2. The Hall–Kier alpha value is -0.650. The molecule has 1 aromatic heterocycles. The van der Waals surface area contributed by atoms with Crippen molar-refractivity contribution in [2.24, 2.45) is 0 Å². The molecule has 1 aromatic carbocycles. The number of hydrogen-bond acceptors (Lipinski definition) is 2. The lowest BCUT2D eigenvalue weighted by Crippen LogP contribution is -2.22. The summed E-state index contributed by atoms with van der Waals surface area (Å²) in [5.74, 6) is 0.770. The van der Waals surface area contributed by atoms with Crippen LogP contribution in [0.2, 0.25) is 0 Å². The van der Waals surface area contributed by atoms with Gasteiger partial charge in [-0.2, -0.15) is 0 Å². The van der Waals surface area contributed by atoms with Crippen molar-refractivity contribution in [1.82, 2.24) is 9.55 Å². The van der Waals surface area contributed by atoms with Gasteiger partial charge < -0.3 is 9.30 Å². The van der Waals surface area contributed by atoms with Gasteiger partial charge in [-0.1, -0.05) is 0 Å². The molecular weight excluding hydrogens is 347 g/mol. The predicted molar refractivity (Wildman–Crippen MR) is 80.6 cm³/mol. The number of rotatable bonds is 3. The molecule has 1 aliphatic rings. The van der Waals surface area contributed by atoms with Crippen molar-refractivity contribution in [2.45, 2.75) is 37.3 Å². The second-order valence-electron chi connectivity index (χ2n) is 5.06. The van der Waals surface area contributed by atoms with Crippen molar-refractivity contribution in [3.63, 3.8) is 0 Å². The van der Waals surface area contributed by atoms with Crippen LogP contribution in [0.1, 0.15) is 31.1 Å². The van der Waals surface area contributed by atoms with E-state index in [0.29, 0.717) is 15.9 Å². The summed E-state index contributed by atoms with van der Waals surface area (Å²) in [6, 6.07) is 3.44. The van der Waals surface area contributed by atoms with Crippen molar-refractivity contribution in [3.05, 3.63) is 28.2 Å². The van der Waals surface area contributed by atoms with Gasteiger partial charge in [-0.25, -0.2) is 9.37 Å².